The summed E-state index contributed by atoms with van der Waals surface area (Å²) in [5, 5.41) is 10.5. The topological polar surface area (TPSA) is 95.7 Å². The summed E-state index contributed by atoms with van der Waals surface area (Å²) in [7, 11) is 0. The molecule has 0 unspecified atom stereocenters. The number of hydrogen-bond acceptors (Lipinski definition) is 6. The number of non-ortho nitro benzene ring substituents is 1. The third-order valence-corrected chi connectivity index (χ3v) is 3.01. The highest BCUT2D eigenvalue weighted by Gasteiger charge is 2.13. The third-order valence-electron chi connectivity index (χ3n) is 3.01. The van der Waals surface area contributed by atoms with Crippen LogP contribution in [0.25, 0.3) is 0 Å². The zero-order valence-corrected chi connectivity index (χ0v) is 12.6. The smallest absolute Gasteiger partial charge is 0.344 e. The summed E-state index contributed by atoms with van der Waals surface area (Å²) in [5.41, 5.74) is -0.268. The minimum absolute atomic E-state index is 0.132. The molecule has 2 aromatic carbocycles. The van der Waals surface area contributed by atoms with Gasteiger partial charge in [0.1, 0.15) is 5.75 Å². The summed E-state index contributed by atoms with van der Waals surface area (Å²) in [6.45, 7) is -1.18. The lowest BCUT2D eigenvalue weighted by molar-refractivity contribution is -0.384. The van der Waals surface area contributed by atoms with Crippen molar-refractivity contribution >= 4 is 17.4 Å². The van der Waals surface area contributed by atoms with Crippen molar-refractivity contribution in [3.63, 3.8) is 0 Å². The molecule has 0 fully saturated rings. The molecule has 0 bridgehead atoms. The van der Waals surface area contributed by atoms with Crippen molar-refractivity contribution in [1.82, 2.24) is 0 Å². The van der Waals surface area contributed by atoms with Crippen molar-refractivity contribution < 1.29 is 32.8 Å². The van der Waals surface area contributed by atoms with Crippen LogP contribution in [0.5, 0.6) is 5.75 Å². The summed E-state index contributed by atoms with van der Waals surface area (Å²) in [6, 6.07) is 7.58. The van der Waals surface area contributed by atoms with Crippen LogP contribution in [0.4, 0.5) is 14.5 Å². The molecule has 0 heterocycles. The van der Waals surface area contributed by atoms with Crippen molar-refractivity contribution in [1.29, 1.82) is 0 Å². The maximum Gasteiger partial charge on any atom is 0.344 e. The van der Waals surface area contributed by atoms with E-state index < -0.39 is 41.5 Å². The van der Waals surface area contributed by atoms with E-state index >= 15 is 0 Å². The van der Waals surface area contributed by atoms with Crippen LogP contribution in [0.2, 0.25) is 0 Å². The van der Waals surface area contributed by atoms with E-state index in [1.807, 2.05) is 0 Å². The van der Waals surface area contributed by atoms with Gasteiger partial charge in [-0.3, -0.25) is 14.9 Å². The first-order valence-corrected chi connectivity index (χ1v) is 6.88. The van der Waals surface area contributed by atoms with Gasteiger partial charge in [0, 0.05) is 17.7 Å². The second-order valence-electron chi connectivity index (χ2n) is 4.75. The molecule has 0 aliphatic rings. The minimum Gasteiger partial charge on any atom is -0.482 e. The number of nitrogens with zero attached hydrogens (tertiary/aromatic N) is 1. The fourth-order valence-electron chi connectivity index (χ4n) is 1.75. The Morgan fingerprint density at radius 1 is 1.00 bits per heavy atom. The summed E-state index contributed by atoms with van der Waals surface area (Å²) in [4.78, 5) is 33.1. The first kappa shape index (κ1) is 18.0. The molecule has 0 saturated carbocycles. The van der Waals surface area contributed by atoms with Gasteiger partial charge in [0.2, 0.25) is 0 Å². The number of carbonyl (C=O) groups is 2. The van der Waals surface area contributed by atoms with Crippen LogP contribution in [0.3, 0.4) is 0 Å². The molecule has 0 aliphatic heterocycles. The number of halogens is 2. The predicted octanol–water partition coefficient (Wildman–Crippen LogP) is 2.68. The van der Waals surface area contributed by atoms with Crippen LogP contribution in [0.15, 0.2) is 42.5 Å². The van der Waals surface area contributed by atoms with Gasteiger partial charge in [-0.05, 0) is 30.3 Å². The summed E-state index contributed by atoms with van der Waals surface area (Å²) >= 11 is 0. The molecule has 0 atom stereocenters. The third kappa shape index (κ3) is 5.06. The molecule has 0 amide bonds. The van der Waals surface area contributed by atoms with Crippen LogP contribution in [0.1, 0.15) is 10.4 Å². The highest BCUT2D eigenvalue weighted by molar-refractivity contribution is 5.97. The number of rotatable bonds is 7. The van der Waals surface area contributed by atoms with E-state index in [4.69, 9.17) is 4.74 Å². The highest BCUT2D eigenvalue weighted by atomic mass is 19.2. The maximum atomic E-state index is 13.0. The predicted molar refractivity (Wildman–Crippen MR) is 80.2 cm³/mol. The molecule has 7 nitrogen and oxygen atoms in total. The van der Waals surface area contributed by atoms with Crippen molar-refractivity contribution in [2.45, 2.75) is 0 Å². The summed E-state index contributed by atoms with van der Waals surface area (Å²) in [6.07, 6.45) is 0. The monoisotopic (exact) mass is 351 g/mol. The first-order chi connectivity index (χ1) is 11.9. The fourth-order valence-corrected chi connectivity index (χ4v) is 1.75. The number of ether oxygens (including phenoxy) is 2. The molecule has 2 aromatic rings. The van der Waals surface area contributed by atoms with Crippen molar-refractivity contribution in [3.8, 4) is 5.75 Å². The SMILES string of the molecule is O=C(COc1ccc([N+](=O)[O-])cc1)OCC(=O)c1ccc(F)c(F)c1. The number of ketones is 1. The molecule has 0 N–H and O–H groups in total. The van der Waals surface area contributed by atoms with Crippen molar-refractivity contribution in [2.75, 3.05) is 13.2 Å². The molecule has 0 radical (unpaired) electrons. The first-order valence-electron chi connectivity index (χ1n) is 6.88. The van der Waals surface area contributed by atoms with Gasteiger partial charge in [0.05, 0.1) is 4.92 Å². The normalized spacial score (nSPS) is 10.2. The number of benzene rings is 2. The molecule has 0 spiro atoms. The van der Waals surface area contributed by atoms with Gasteiger partial charge in [0.25, 0.3) is 5.69 Å². The zero-order valence-electron chi connectivity index (χ0n) is 12.6. The van der Waals surface area contributed by atoms with Gasteiger partial charge in [-0.25, -0.2) is 13.6 Å². The van der Waals surface area contributed by atoms with Gasteiger partial charge in [-0.15, -0.1) is 0 Å². The number of nitro benzene ring substituents is 1. The zero-order chi connectivity index (χ0) is 18.4. The lowest BCUT2D eigenvalue weighted by Gasteiger charge is -2.07. The van der Waals surface area contributed by atoms with Gasteiger partial charge in [-0.2, -0.15) is 0 Å². The molecule has 2 rings (SSSR count). The standard InChI is InChI=1S/C16H11F2NO6/c17-13-6-1-10(7-14(13)18)15(20)8-25-16(21)9-24-12-4-2-11(3-5-12)19(22)23/h1-7H,8-9H2. The van der Waals surface area contributed by atoms with Crippen LogP contribution in [0, 0.1) is 21.7 Å². The fraction of sp³-hybridized carbons (Fsp3) is 0.125. The Labute approximate surface area is 139 Å². The summed E-state index contributed by atoms with van der Waals surface area (Å²) in [5.74, 6) is -3.64. The molecular formula is C16H11F2NO6. The van der Waals surface area contributed by atoms with E-state index in [0.717, 1.165) is 12.1 Å². The Morgan fingerprint density at radius 2 is 1.68 bits per heavy atom. The Kier molecular flexibility index (Phi) is 5.72. The lowest BCUT2D eigenvalue weighted by atomic mass is 10.1. The van der Waals surface area contributed by atoms with Gasteiger partial charge in [0.15, 0.2) is 30.6 Å². The number of nitro groups is 1. The second-order valence-corrected chi connectivity index (χ2v) is 4.75. The molecule has 0 aliphatic carbocycles. The highest BCUT2D eigenvalue weighted by Crippen LogP contribution is 2.17. The molecule has 0 saturated heterocycles. The number of esters is 1. The molecule has 130 valence electrons. The van der Waals surface area contributed by atoms with Crippen LogP contribution >= 0.6 is 0 Å². The number of hydrogen-bond donors (Lipinski definition) is 0. The van der Waals surface area contributed by atoms with Crippen LogP contribution < -0.4 is 4.74 Å². The minimum atomic E-state index is -1.18. The Bertz CT molecular complexity index is 807. The average Bonchev–Trinajstić information content (AvgIpc) is 2.60. The molecular weight excluding hydrogens is 340 g/mol. The van der Waals surface area contributed by atoms with E-state index in [-0.39, 0.29) is 17.0 Å². The largest absolute Gasteiger partial charge is 0.482 e. The van der Waals surface area contributed by atoms with E-state index in [0.29, 0.717) is 6.07 Å². The van der Waals surface area contributed by atoms with Crippen molar-refractivity contribution in [2.24, 2.45) is 0 Å². The van der Waals surface area contributed by atoms with E-state index in [1.165, 1.54) is 24.3 Å². The van der Waals surface area contributed by atoms with Gasteiger partial charge >= 0.3 is 5.97 Å². The van der Waals surface area contributed by atoms with Gasteiger partial charge < -0.3 is 9.47 Å². The Hall–Kier alpha value is -3.36. The van der Waals surface area contributed by atoms with Crippen LogP contribution in [-0.2, 0) is 9.53 Å². The van der Waals surface area contributed by atoms with E-state index in [2.05, 4.69) is 4.74 Å². The maximum absolute atomic E-state index is 13.0. The van der Waals surface area contributed by atoms with Crippen molar-refractivity contribution in [3.05, 3.63) is 69.8 Å². The molecule has 25 heavy (non-hydrogen) atoms. The lowest BCUT2D eigenvalue weighted by Crippen LogP contribution is -2.19. The average molecular weight is 351 g/mol. The Balaban J connectivity index is 1.81. The van der Waals surface area contributed by atoms with E-state index in [1.54, 1.807) is 0 Å². The number of Topliss-reactive ketones (excluding diaryl/α,β-unsaturated/α-hetero) is 1. The molecule has 0 aromatic heterocycles. The number of carbonyl (C=O) groups excluding carboxylic acids is 2. The molecule has 9 heteroatoms. The van der Waals surface area contributed by atoms with E-state index in [9.17, 15) is 28.5 Å². The Morgan fingerprint density at radius 3 is 2.28 bits per heavy atom. The second kappa shape index (κ2) is 7.95. The quantitative estimate of drug-likeness (QED) is 0.329. The summed E-state index contributed by atoms with van der Waals surface area (Å²) < 4.78 is 35.5. The van der Waals surface area contributed by atoms with Gasteiger partial charge in [-0.1, -0.05) is 0 Å². The van der Waals surface area contributed by atoms with Crippen LogP contribution in [-0.4, -0.2) is 29.9 Å².